The number of amides is 4. The van der Waals surface area contributed by atoms with Crippen molar-refractivity contribution in [3.63, 3.8) is 0 Å². The number of hydrogen-bond donors (Lipinski definition) is 3. The number of likely N-dealkylation sites (N-methyl/N-ethyl adjacent to an activating group) is 1. The van der Waals surface area contributed by atoms with Crippen LogP contribution in [-0.2, 0) is 4.74 Å². The highest BCUT2D eigenvalue weighted by Gasteiger charge is 2.31. The smallest absolute Gasteiger partial charge is 0.323 e. The fraction of sp³-hybridized carbons (Fsp3) is 0.432. The van der Waals surface area contributed by atoms with Crippen molar-refractivity contribution in [2.24, 2.45) is 5.92 Å². The number of fused-ring (bicyclic) bond motifs is 1. The number of benzene rings is 3. The number of carbonyl (C=O) groups is 3. The lowest BCUT2D eigenvalue weighted by atomic mass is 10.0. The van der Waals surface area contributed by atoms with Crippen LogP contribution in [0.5, 0.6) is 11.5 Å². The first-order valence-electron chi connectivity index (χ1n) is 16.5. The molecule has 3 N–H and O–H groups in total. The fourth-order valence-electron chi connectivity index (χ4n) is 5.58. The van der Waals surface area contributed by atoms with Gasteiger partial charge in [-0.3, -0.25) is 9.59 Å². The van der Waals surface area contributed by atoms with Crippen molar-refractivity contribution < 1.29 is 33.7 Å². The van der Waals surface area contributed by atoms with Gasteiger partial charge in [0.1, 0.15) is 11.5 Å². The highest BCUT2D eigenvalue weighted by Crippen LogP contribution is 2.29. The van der Waals surface area contributed by atoms with Gasteiger partial charge in [0.25, 0.3) is 11.8 Å². The molecular formula is C37H48N4O7. The lowest BCUT2D eigenvalue weighted by Gasteiger charge is -2.36. The second-order valence-electron chi connectivity index (χ2n) is 12.4. The molecule has 0 aromatic heterocycles. The number of hydrogen-bond acceptors (Lipinski definition) is 7. The third-order valence-corrected chi connectivity index (χ3v) is 8.48. The maximum atomic E-state index is 14.4. The van der Waals surface area contributed by atoms with Gasteiger partial charge in [-0.1, -0.05) is 25.1 Å². The monoisotopic (exact) mass is 660 g/mol. The van der Waals surface area contributed by atoms with Crippen molar-refractivity contribution in [3.05, 3.63) is 83.9 Å². The van der Waals surface area contributed by atoms with Crippen LogP contribution >= 0.6 is 0 Å². The Balaban J connectivity index is 1.59. The summed E-state index contributed by atoms with van der Waals surface area (Å²) in [4.78, 5) is 43.7. The van der Waals surface area contributed by atoms with Crippen LogP contribution in [0.15, 0.2) is 72.8 Å². The van der Waals surface area contributed by atoms with Gasteiger partial charge >= 0.3 is 6.03 Å². The van der Waals surface area contributed by atoms with Gasteiger partial charge in [-0.05, 0) is 87.7 Å². The topological polar surface area (TPSA) is 130 Å². The van der Waals surface area contributed by atoms with E-state index in [0.717, 1.165) is 19.3 Å². The number of nitrogens with one attached hydrogen (secondary N) is 2. The summed E-state index contributed by atoms with van der Waals surface area (Å²) in [5.74, 6) is 0.403. The van der Waals surface area contributed by atoms with Crippen molar-refractivity contribution in [1.29, 1.82) is 0 Å². The first-order valence-corrected chi connectivity index (χ1v) is 16.5. The molecule has 1 heterocycles. The number of carbonyl (C=O) groups excluding carboxylic acids is 3. The number of ether oxygens (including phenoxy) is 3. The van der Waals surface area contributed by atoms with Gasteiger partial charge in [0.2, 0.25) is 0 Å². The Bertz CT molecular complexity index is 1500. The van der Waals surface area contributed by atoms with Crippen molar-refractivity contribution in [2.75, 3.05) is 51.1 Å². The first-order chi connectivity index (χ1) is 23.1. The van der Waals surface area contributed by atoms with Crippen LogP contribution < -0.4 is 20.1 Å². The molecule has 3 aromatic carbocycles. The standard InChI is InChI=1S/C37H48N4O7/c1-25-22-41(26(2)24-42)36(44)32-21-30(39-37(45)38-29-14-17-31(46-5)18-15-29)16-19-33(32)48-27(3)11-9-10-20-47-34(25)23-40(4)35(43)28-12-7-6-8-13-28/h6-8,12-19,21,25-27,34,42H,9-11,20,22-24H2,1-5H3,(H2,38,39,45)/t25-,26-,27+,34-/m1/s1. The molecular weight excluding hydrogens is 612 g/mol. The minimum absolute atomic E-state index is 0.113. The normalized spacial score (nSPS) is 19.6. The van der Waals surface area contributed by atoms with Crippen LogP contribution in [0.3, 0.4) is 0 Å². The van der Waals surface area contributed by atoms with E-state index in [1.54, 1.807) is 85.5 Å². The third kappa shape index (κ3) is 9.95. The fourth-order valence-corrected chi connectivity index (χ4v) is 5.58. The van der Waals surface area contributed by atoms with E-state index in [0.29, 0.717) is 41.6 Å². The van der Waals surface area contributed by atoms with Crippen LogP contribution in [0.4, 0.5) is 16.2 Å². The van der Waals surface area contributed by atoms with E-state index in [2.05, 4.69) is 10.6 Å². The second-order valence-corrected chi connectivity index (χ2v) is 12.4. The lowest BCUT2D eigenvalue weighted by molar-refractivity contribution is -0.0149. The molecule has 11 nitrogen and oxygen atoms in total. The average Bonchev–Trinajstić information content (AvgIpc) is 3.09. The van der Waals surface area contributed by atoms with Crippen LogP contribution in [-0.4, -0.2) is 91.5 Å². The predicted molar refractivity (Wildman–Crippen MR) is 186 cm³/mol. The molecule has 0 aliphatic carbocycles. The molecule has 4 amide bonds. The molecule has 0 fully saturated rings. The Labute approximate surface area is 283 Å². The molecule has 0 spiro atoms. The van der Waals surface area contributed by atoms with Crippen LogP contribution in [0, 0.1) is 5.92 Å². The Hall–Kier alpha value is -4.61. The predicted octanol–water partition coefficient (Wildman–Crippen LogP) is 5.91. The highest BCUT2D eigenvalue weighted by molar-refractivity contribution is 6.02. The minimum Gasteiger partial charge on any atom is -0.497 e. The quantitative estimate of drug-likeness (QED) is 0.274. The van der Waals surface area contributed by atoms with Gasteiger partial charge in [-0.25, -0.2) is 4.79 Å². The van der Waals surface area contributed by atoms with Gasteiger partial charge in [-0.15, -0.1) is 0 Å². The van der Waals surface area contributed by atoms with Crippen LogP contribution in [0.1, 0.15) is 60.7 Å². The molecule has 4 atom stereocenters. The Kier molecular flexibility index (Phi) is 13.2. The summed E-state index contributed by atoms with van der Waals surface area (Å²) < 4.78 is 17.8. The largest absolute Gasteiger partial charge is 0.497 e. The number of methoxy groups -OCH3 is 1. The summed E-state index contributed by atoms with van der Waals surface area (Å²) in [6, 6.07) is 20.0. The zero-order chi connectivity index (χ0) is 34.6. The maximum absolute atomic E-state index is 14.4. The van der Waals surface area contributed by atoms with Gasteiger partial charge in [-0.2, -0.15) is 0 Å². The van der Waals surface area contributed by atoms with E-state index in [9.17, 15) is 19.5 Å². The Morgan fingerprint density at radius 1 is 1.02 bits per heavy atom. The highest BCUT2D eigenvalue weighted by atomic mass is 16.5. The number of urea groups is 1. The molecule has 0 radical (unpaired) electrons. The molecule has 48 heavy (non-hydrogen) atoms. The molecule has 3 aromatic rings. The van der Waals surface area contributed by atoms with Crippen molar-refractivity contribution in [1.82, 2.24) is 9.80 Å². The summed E-state index contributed by atoms with van der Waals surface area (Å²) in [7, 11) is 3.32. The first kappa shape index (κ1) is 36.2. The molecule has 11 heteroatoms. The zero-order valence-electron chi connectivity index (χ0n) is 28.5. The number of aliphatic hydroxyl groups excluding tert-OH is 1. The molecule has 4 rings (SSSR count). The van der Waals surface area contributed by atoms with Crippen LogP contribution in [0.2, 0.25) is 0 Å². The molecule has 0 unspecified atom stereocenters. The lowest BCUT2D eigenvalue weighted by Crippen LogP contribution is -2.48. The number of nitrogens with zero attached hydrogens (tertiary/aromatic N) is 2. The zero-order valence-corrected chi connectivity index (χ0v) is 28.5. The Morgan fingerprint density at radius 2 is 1.71 bits per heavy atom. The van der Waals surface area contributed by atoms with Crippen molar-refractivity contribution in [3.8, 4) is 11.5 Å². The van der Waals surface area contributed by atoms with E-state index < -0.39 is 12.1 Å². The minimum atomic E-state index is -0.530. The van der Waals surface area contributed by atoms with Crippen LogP contribution in [0.25, 0.3) is 0 Å². The van der Waals surface area contributed by atoms with E-state index in [-0.39, 0.29) is 48.7 Å². The molecule has 0 bridgehead atoms. The summed E-state index contributed by atoms with van der Waals surface area (Å²) in [5, 5.41) is 15.8. The SMILES string of the molecule is COc1ccc(NC(=O)Nc2ccc3c(c2)C(=O)N([C@H](C)CO)C[C@@H](C)[C@@H](CN(C)C(=O)c2ccccc2)OCCCC[C@H](C)O3)cc1. The van der Waals surface area contributed by atoms with Gasteiger partial charge in [0.15, 0.2) is 0 Å². The maximum Gasteiger partial charge on any atom is 0.323 e. The average molecular weight is 661 g/mol. The number of rotatable bonds is 8. The van der Waals surface area contributed by atoms with E-state index >= 15 is 0 Å². The number of anilines is 2. The summed E-state index contributed by atoms with van der Waals surface area (Å²) in [6.45, 7) is 6.55. The van der Waals surface area contributed by atoms with E-state index in [1.165, 1.54) is 0 Å². The number of aliphatic hydroxyl groups is 1. The second kappa shape index (κ2) is 17.5. The molecule has 1 aliphatic rings. The third-order valence-electron chi connectivity index (χ3n) is 8.48. The molecule has 0 saturated heterocycles. The molecule has 258 valence electrons. The summed E-state index contributed by atoms with van der Waals surface area (Å²) in [5.41, 5.74) is 1.83. The van der Waals surface area contributed by atoms with E-state index in [1.807, 2.05) is 32.0 Å². The summed E-state index contributed by atoms with van der Waals surface area (Å²) in [6.07, 6.45) is 1.84. The van der Waals surface area contributed by atoms with Gasteiger partial charge in [0, 0.05) is 49.6 Å². The van der Waals surface area contributed by atoms with E-state index in [4.69, 9.17) is 14.2 Å². The Morgan fingerprint density at radius 3 is 2.40 bits per heavy atom. The molecule has 1 aliphatic heterocycles. The van der Waals surface area contributed by atoms with Crippen molar-refractivity contribution >= 4 is 29.2 Å². The molecule has 0 saturated carbocycles. The van der Waals surface area contributed by atoms with Crippen molar-refractivity contribution in [2.45, 2.75) is 58.3 Å². The van der Waals surface area contributed by atoms with Gasteiger partial charge in [0.05, 0.1) is 37.5 Å². The summed E-state index contributed by atoms with van der Waals surface area (Å²) >= 11 is 0. The van der Waals surface area contributed by atoms with Gasteiger partial charge < -0.3 is 39.8 Å².